The minimum atomic E-state index is -0.330. The standard InChI is InChI=1S/C21H18N4O2/c26-16-8-6-14(7-9-16)20-19-17(24-21-22-12-23-25(20)21)10-15(11-18(19)27)13-4-2-1-3-5-13/h1-9,12,15,20,26H,10-11H2,(H,22,23,24)/t15-,20-/m0/s1. The summed E-state index contributed by atoms with van der Waals surface area (Å²) >= 11 is 0. The van der Waals surface area contributed by atoms with Crippen LogP contribution in [-0.4, -0.2) is 25.7 Å². The number of aromatic nitrogens is 3. The normalized spacial score (nSPS) is 21.4. The molecule has 0 saturated heterocycles. The molecule has 2 atom stereocenters. The summed E-state index contributed by atoms with van der Waals surface area (Å²) in [7, 11) is 0. The molecular formula is C21H18N4O2. The van der Waals surface area contributed by atoms with E-state index < -0.39 is 0 Å². The molecule has 0 bridgehead atoms. The molecule has 2 N–H and O–H groups in total. The molecule has 1 aromatic heterocycles. The summed E-state index contributed by atoms with van der Waals surface area (Å²) < 4.78 is 1.74. The summed E-state index contributed by atoms with van der Waals surface area (Å²) in [5.74, 6) is 1.10. The Bertz CT molecular complexity index is 1040. The maximum absolute atomic E-state index is 13.2. The number of nitrogens with one attached hydrogen (secondary N) is 1. The summed E-state index contributed by atoms with van der Waals surface area (Å²) in [6.07, 6.45) is 2.73. The molecule has 2 aromatic carbocycles. The van der Waals surface area contributed by atoms with Gasteiger partial charge in [0, 0.05) is 17.7 Å². The molecular weight excluding hydrogens is 340 g/mol. The zero-order valence-electron chi connectivity index (χ0n) is 14.5. The molecule has 0 spiro atoms. The lowest BCUT2D eigenvalue weighted by Crippen LogP contribution is -2.33. The molecule has 0 radical (unpaired) electrons. The van der Waals surface area contributed by atoms with Gasteiger partial charge in [-0.15, -0.1) is 0 Å². The van der Waals surface area contributed by atoms with Crippen LogP contribution >= 0.6 is 0 Å². The van der Waals surface area contributed by atoms with Crippen molar-refractivity contribution in [1.29, 1.82) is 0 Å². The molecule has 2 aliphatic rings. The van der Waals surface area contributed by atoms with Crippen molar-refractivity contribution in [2.24, 2.45) is 0 Å². The number of benzene rings is 2. The summed E-state index contributed by atoms with van der Waals surface area (Å²) in [6, 6.07) is 16.8. The average molecular weight is 358 g/mol. The van der Waals surface area contributed by atoms with E-state index in [9.17, 15) is 9.90 Å². The van der Waals surface area contributed by atoms with Crippen LogP contribution in [0.3, 0.4) is 0 Å². The van der Waals surface area contributed by atoms with E-state index in [1.54, 1.807) is 16.8 Å². The van der Waals surface area contributed by atoms with Crippen LogP contribution < -0.4 is 5.32 Å². The number of fused-ring (bicyclic) bond motifs is 1. The molecule has 5 rings (SSSR count). The fourth-order valence-electron chi connectivity index (χ4n) is 4.08. The Morgan fingerprint density at radius 1 is 1.00 bits per heavy atom. The number of nitrogens with zero attached hydrogens (tertiary/aromatic N) is 3. The second-order valence-electron chi connectivity index (χ2n) is 6.98. The first-order valence-electron chi connectivity index (χ1n) is 8.97. The maximum atomic E-state index is 13.2. The van der Waals surface area contributed by atoms with E-state index in [2.05, 4.69) is 27.5 Å². The summed E-state index contributed by atoms with van der Waals surface area (Å²) in [6.45, 7) is 0. The molecule has 1 aliphatic heterocycles. The molecule has 0 saturated carbocycles. The van der Waals surface area contributed by atoms with E-state index in [4.69, 9.17) is 0 Å². The van der Waals surface area contributed by atoms with Crippen LogP contribution in [-0.2, 0) is 4.79 Å². The Morgan fingerprint density at radius 3 is 2.56 bits per heavy atom. The first-order valence-corrected chi connectivity index (χ1v) is 8.97. The van der Waals surface area contributed by atoms with Crippen LogP contribution in [0.25, 0.3) is 0 Å². The number of rotatable bonds is 2. The smallest absolute Gasteiger partial charge is 0.226 e. The van der Waals surface area contributed by atoms with Gasteiger partial charge in [-0.1, -0.05) is 42.5 Å². The van der Waals surface area contributed by atoms with Crippen molar-refractivity contribution in [3.8, 4) is 5.75 Å². The third kappa shape index (κ3) is 2.61. The van der Waals surface area contributed by atoms with E-state index in [1.807, 2.05) is 30.3 Å². The molecule has 27 heavy (non-hydrogen) atoms. The van der Waals surface area contributed by atoms with Gasteiger partial charge in [-0.2, -0.15) is 10.1 Å². The van der Waals surface area contributed by atoms with Gasteiger partial charge in [0.05, 0.1) is 0 Å². The van der Waals surface area contributed by atoms with Gasteiger partial charge in [0.2, 0.25) is 5.95 Å². The number of allylic oxidation sites excluding steroid dienone is 2. The van der Waals surface area contributed by atoms with Crippen LogP contribution in [0.2, 0.25) is 0 Å². The lowest BCUT2D eigenvalue weighted by atomic mass is 9.78. The SMILES string of the molecule is O=C1C[C@@H](c2ccccc2)CC2=C1[C@H](c1ccc(O)cc1)n1ncnc1N2. The Morgan fingerprint density at radius 2 is 1.78 bits per heavy atom. The Kier molecular flexibility index (Phi) is 3.57. The van der Waals surface area contributed by atoms with Crippen molar-refractivity contribution in [3.63, 3.8) is 0 Å². The third-order valence-corrected chi connectivity index (χ3v) is 5.34. The number of phenolic OH excluding ortho intramolecular Hbond substituents is 1. The van der Waals surface area contributed by atoms with Gasteiger partial charge in [0.1, 0.15) is 18.1 Å². The zero-order chi connectivity index (χ0) is 18.4. The highest BCUT2D eigenvalue weighted by Gasteiger charge is 2.39. The summed E-state index contributed by atoms with van der Waals surface area (Å²) in [4.78, 5) is 17.5. The average Bonchev–Trinajstić information content (AvgIpc) is 3.16. The monoisotopic (exact) mass is 358 g/mol. The van der Waals surface area contributed by atoms with E-state index in [1.165, 1.54) is 11.9 Å². The van der Waals surface area contributed by atoms with Crippen LogP contribution in [0, 0.1) is 0 Å². The largest absolute Gasteiger partial charge is 0.508 e. The Hall–Kier alpha value is -3.41. The number of hydrogen-bond acceptors (Lipinski definition) is 5. The highest BCUT2D eigenvalue weighted by molar-refractivity contribution is 6.00. The third-order valence-electron chi connectivity index (χ3n) is 5.34. The molecule has 2 heterocycles. The van der Waals surface area contributed by atoms with Gasteiger partial charge >= 0.3 is 0 Å². The van der Waals surface area contributed by atoms with Crippen molar-refractivity contribution >= 4 is 11.7 Å². The fraction of sp³-hybridized carbons (Fsp3) is 0.190. The second-order valence-corrected chi connectivity index (χ2v) is 6.98. The van der Waals surface area contributed by atoms with Crippen LogP contribution in [0.5, 0.6) is 5.75 Å². The van der Waals surface area contributed by atoms with Crippen LogP contribution in [0.4, 0.5) is 5.95 Å². The van der Waals surface area contributed by atoms with E-state index >= 15 is 0 Å². The molecule has 6 nitrogen and oxygen atoms in total. The minimum Gasteiger partial charge on any atom is -0.508 e. The first kappa shape index (κ1) is 15.8. The molecule has 6 heteroatoms. The van der Waals surface area contributed by atoms with Crippen molar-refractivity contribution in [3.05, 3.63) is 83.3 Å². The highest BCUT2D eigenvalue weighted by Crippen LogP contribution is 2.43. The van der Waals surface area contributed by atoms with Gasteiger partial charge in [-0.05, 0) is 35.6 Å². The van der Waals surface area contributed by atoms with Crippen molar-refractivity contribution in [2.75, 3.05) is 5.32 Å². The van der Waals surface area contributed by atoms with E-state index in [0.717, 1.165) is 23.3 Å². The van der Waals surface area contributed by atoms with Gasteiger partial charge in [-0.25, -0.2) is 4.68 Å². The number of carbonyl (C=O) groups excluding carboxylic acids is 1. The van der Waals surface area contributed by atoms with Gasteiger partial charge < -0.3 is 10.4 Å². The van der Waals surface area contributed by atoms with Gasteiger partial charge in [-0.3, -0.25) is 4.79 Å². The van der Waals surface area contributed by atoms with E-state index in [-0.39, 0.29) is 23.5 Å². The second kappa shape index (κ2) is 6.09. The Balaban J connectivity index is 1.60. The highest BCUT2D eigenvalue weighted by atomic mass is 16.3. The van der Waals surface area contributed by atoms with Crippen molar-refractivity contribution in [2.45, 2.75) is 24.8 Å². The molecule has 0 fully saturated rings. The summed E-state index contributed by atoms with van der Waals surface area (Å²) in [5, 5.41) is 17.3. The molecule has 0 unspecified atom stereocenters. The number of hydrogen-bond donors (Lipinski definition) is 2. The first-order chi connectivity index (χ1) is 13.2. The van der Waals surface area contributed by atoms with E-state index in [0.29, 0.717) is 12.4 Å². The number of aromatic hydroxyl groups is 1. The molecule has 0 amide bonds. The number of carbonyl (C=O) groups is 1. The molecule has 134 valence electrons. The van der Waals surface area contributed by atoms with Gasteiger partial charge in [0.15, 0.2) is 5.78 Å². The topological polar surface area (TPSA) is 80.0 Å². The van der Waals surface area contributed by atoms with Gasteiger partial charge in [0.25, 0.3) is 0 Å². The quantitative estimate of drug-likeness (QED) is 0.734. The summed E-state index contributed by atoms with van der Waals surface area (Å²) in [5.41, 5.74) is 3.73. The molecule has 3 aromatic rings. The predicted octanol–water partition coefficient (Wildman–Crippen LogP) is 3.40. The Labute approximate surface area is 156 Å². The fourth-order valence-corrected chi connectivity index (χ4v) is 4.08. The molecule has 1 aliphatic carbocycles. The van der Waals surface area contributed by atoms with Crippen LogP contribution in [0.15, 0.2) is 72.2 Å². The number of Topliss-reactive ketones (excluding diaryl/α,β-unsaturated/α-hetero) is 1. The number of phenols is 1. The predicted molar refractivity (Wildman–Crippen MR) is 100 cm³/mol. The number of ketones is 1. The lowest BCUT2D eigenvalue weighted by molar-refractivity contribution is -0.116. The maximum Gasteiger partial charge on any atom is 0.226 e. The van der Waals surface area contributed by atoms with Crippen molar-refractivity contribution < 1.29 is 9.90 Å². The minimum absolute atomic E-state index is 0.122. The lowest BCUT2D eigenvalue weighted by Gasteiger charge is -2.35. The van der Waals surface area contributed by atoms with Crippen molar-refractivity contribution in [1.82, 2.24) is 14.8 Å². The van der Waals surface area contributed by atoms with Crippen LogP contribution in [0.1, 0.15) is 35.9 Å². The number of anilines is 1. The zero-order valence-corrected chi connectivity index (χ0v) is 14.5.